The highest BCUT2D eigenvalue weighted by atomic mass is 19.3. The van der Waals surface area contributed by atoms with Crippen LogP contribution in [0.3, 0.4) is 0 Å². The molecule has 5 heteroatoms. The van der Waals surface area contributed by atoms with E-state index in [-0.39, 0.29) is 30.7 Å². The molecule has 0 radical (unpaired) electrons. The van der Waals surface area contributed by atoms with Crippen molar-refractivity contribution in [1.29, 1.82) is 0 Å². The Bertz CT molecular complexity index is 317. The smallest absolute Gasteiger partial charge is 0.252 e. The molecule has 2 saturated heterocycles. The summed E-state index contributed by atoms with van der Waals surface area (Å²) in [6.07, 6.45) is 0.583. The number of halogens is 2. The van der Waals surface area contributed by atoms with Crippen LogP contribution in [-0.2, 0) is 4.79 Å². The number of hydrogen-bond donors (Lipinski definition) is 1. The highest BCUT2D eigenvalue weighted by Crippen LogP contribution is 2.48. The van der Waals surface area contributed by atoms with Gasteiger partial charge in [0.25, 0.3) is 5.92 Å². The van der Waals surface area contributed by atoms with Crippen molar-refractivity contribution in [3.63, 3.8) is 0 Å². The van der Waals surface area contributed by atoms with E-state index in [1.165, 1.54) is 0 Å². The molecule has 16 heavy (non-hydrogen) atoms. The Morgan fingerprint density at radius 1 is 1.31 bits per heavy atom. The number of amides is 1. The molecule has 90 valence electrons. The molecular weight excluding hydrogens is 214 g/mol. The molecule has 0 aromatic heterocycles. The number of fused-ring (bicyclic) bond motifs is 1. The summed E-state index contributed by atoms with van der Waals surface area (Å²) < 4.78 is 27.0. The normalized spacial score (nSPS) is 37.2. The molecular formula is C11H16F2N2O. The third-order valence-corrected chi connectivity index (χ3v) is 4.27. The van der Waals surface area contributed by atoms with E-state index in [1.54, 1.807) is 4.90 Å². The molecule has 0 aromatic rings. The third kappa shape index (κ3) is 1.44. The Hall–Kier alpha value is -0.710. The van der Waals surface area contributed by atoms with Gasteiger partial charge >= 0.3 is 0 Å². The van der Waals surface area contributed by atoms with E-state index in [0.29, 0.717) is 26.1 Å². The second-order valence-electron chi connectivity index (χ2n) is 5.26. The van der Waals surface area contributed by atoms with Crippen molar-refractivity contribution in [3.8, 4) is 0 Å². The SMILES string of the molecule is O=C(C1CNC1)N1C[C@H]2CCC(F)(F)[C@@H]2C1. The van der Waals surface area contributed by atoms with Gasteiger partial charge in [-0.2, -0.15) is 0 Å². The quantitative estimate of drug-likeness (QED) is 0.719. The van der Waals surface area contributed by atoms with Crippen LogP contribution >= 0.6 is 0 Å². The van der Waals surface area contributed by atoms with Crippen LogP contribution in [0.2, 0.25) is 0 Å². The van der Waals surface area contributed by atoms with Gasteiger partial charge in [-0.3, -0.25) is 4.79 Å². The molecule has 2 aliphatic heterocycles. The van der Waals surface area contributed by atoms with Gasteiger partial charge in [-0.1, -0.05) is 0 Å². The number of rotatable bonds is 1. The van der Waals surface area contributed by atoms with Crippen LogP contribution in [0.5, 0.6) is 0 Å². The Kier molecular flexibility index (Phi) is 2.21. The van der Waals surface area contributed by atoms with E-state index in [4.69, 9.17) is 0 Å². The summed E-state index contributed by atoms with van der Waals surface area (Å²) in [7, 11) is 0. The zero-order valence-corrected chi connectivity index (χ0v) is 9.09. The molecule has 2 atom stereocenters. The van der Waals surface area contributed by atoms with Gasteiger partial charge in [0.1, 0.15) is 0 Å². The summed E-state index contributed by atoms with van der Waals surface area (Å²) in [6, 6.07) is 0. The summed E-state index contributed by atoms with van der Waals surface area (Å²) in [6.45, 7) is 2.24. The maximum Gasteiger partial charge on any atom is 0.252 e. The van der Waals surface area contributed by atoms with Crippen LogP contribution in [0, 0.1) is 17.8 Å². The lowest BCUT2D eigenvalue weighted by atomic mass is 9.99. The van der Waals surface area contributed by atoms with Crippen LogP contribution < -0.4 is 5.32 Å². The first-order chi connectivity index (χ1) is 7.58. The van der Waals surface area contributed by atoms with Crippen LogP contribution in [0.25, 0.3) is 0 Å². The molecule has 1 saturated carbocycles. The molecule has 1 amide bonds. The van der Waals surface area contributed by atoms with Crippen LogP contribution in [0.1, 0.15) is 12.8 Å². The fourth-order valence-electron chi connectivity index (χ4n) is 3.11. The predicted octanol–water partition coefficient (Wildman–Crippen LogP) is 0.710. The molecule has 3 aliphatic rings. The lowest BCUT2D eigenvalue weighted by Gasteiger charge is -2.30. The van der Waals surface area contributed by atoms with Crippen molar-refractivity contribution in [2.45, 2.75) is 18.8 Å². The van der Waals surface area contributed by atoms with Crippen molar-refractivity contribution in [3.05, 3.63) is 0 Å². The summed E-state index contributed by atoms with van der Waals surface area (Å²) in [5, 5.41) is 3.04. The summed E-state index contributed by atoms with van der Waals surface area (Å²) in [5.74, 6) is -2.98. The molecule has 0 unspecified atom stereocenters. The molecule has 0 aromatic carbocycles. The van der Waals surface area contributed by atoms with Crippen molar-refractivity contribution < 1.29 is 13.6 Å². The van der Waals surface area contributed by atoms with Crippen molar-refractivity contribution in [2.75, 3.05) is 26.2 Å². The fraction of sp³-hybridized carbons (Fsp3) is 0.909. The van der Waals surface area contributed by atoms with Gasteiger partial charge in [0.15, 0.2) is 0 Å². The molecule has 0 spiro atoms. The van der Waals surface area contributed by atoms with Crippen LogP contribution in [0.15, 0.2) is 0 Å². The first-order valence-electron chi connectivity index (χ1n) is 5.95. The van der Waals surface area contributed by atoms with Crippen molar-refractivity contribution in [2.24, 2.45) is 17.8 Å². The minimum absolute atomic E-state index is 0.00927. The van der Waals surface area contributed by atoms with E-state index in [0.717, 1.165) is 0 Å². The maximum absolute atomic E-state index is 13.5. The van der Waals surface area contributed by atoms with Crippen LogP contribution in [-0.4, -0.2) is 42.9 Å². The highest BCUT2D eigenvalue weighted by Gasteiger charge is 2.55. The summed E-state index contributed by atoms with van der Waals surface area (Å²) >= 11 is 0. The predicted molar refractivity (Wildman–Crippen MR) is 54.1 cm³/mol. The number of nitrogens with zero attached hydrogens (tertiary/aromatic N) is 1. The highest BCUT2D eigenvalue weighted by molar-refractivity contribution is 5.80. The lowest BCUT2D eigenvalue weighted by Crippen LogP contribution is -2.51. The number of likely N-dealkylation sites (tertiary alicyclic amines) is 1. The molecule has 1 aliphatic carbocycles. The average Bonchev–Trinajstić information content (AvgIpc) is 2.65. The first kappa shape index (κ1) is 10.4. The topological polar surface area (TPSA) is 32.3 Å². The third-order valence-electron chi connectivity index (χ3n) is 4.27. The Morgan fingerprint density at radius 3 is 2.62 bits per heavy atom. The standard InChI is InChI=1S/C11H16F2N2O/c12-11(13)2-1-7-5-15(6-9(7)11)10(16)8-3-14-4-8/h7-9,14H,1-6H2/t7-,9-/m1/s1. The largest absolute Gasteiger partial charge is 0.342 e. The molecule has 3 rings (SSSR count). The van der Waals surface area contributed by atoms with Gasteiger partial charge in [-0.25, -0.2) is 8.78 Å². The molecule has 2 heterocycles. The monoisotopic (exact) mass is 230 g/mol. The molecule has 3 nitrogen and oxygen atoms in total. The van der Waals surface area contributed by atoms with Gasteiger partial charge in [0.05, 0.1) is 5.92 Å². The van der Waals surface area contributed by atoms with Crippen molar-refractivity contribution >= 4 is 5.91 Å². The zero-order chi connectivity index (χ0) is 11.3. The Balaban J connectivity index is 1.67. The molecule has 1 N–H and O–H groups in total. The van der Waals surface area contributed by atoms with Gasteiger partial charge in [-0.15, -0.1) is 0 Å². The minimum atomic E-state index is -2.54. The van der Waals surface area contributed by atoms with E-state index in [2.05, 4.69) is 5.32 Å². The van der Waals surface area contributed by atoms with Gasteiger partial charge < -0.3 is 10.2 Å². The number of nitrogens with one attached hydrogen (secondary N) is 1. The van der Waals surface area contributed by atoms with Gasteiger partial charge in [0, 0.05) is 38.5 Å². The Morgan fingerprint density at radius 2 is 2.06 bits per heavy atom. The van der Waals surface area contributed by atoms with E-state index in [1.807, 2.05) is 0 Å². The number of hydrogen-bond acceptors (Lipinski definition) is 2. The van der Waals surface area contributed by atoms with Gasteiger partial charge in [0.2, 0.25) is 5.91 Å². The zero-order valence-electron chi connectivity index (χ0n) is 9.09. The molecule has 3 fully saturated rings. The average molecular weight is 230 g/mol. The summed E-state index contributed by atoms with van der Waals surface area (Å²) in [5.41, 5.74) is 0. The van der Waals surface area contributed by atoms with E-state index >= 15 is 0 Å². The molecule has 0 bridgehead atoms. The van der Waals surface area contributed by atoms with Crippen molar-refractivity contribution in [1.82, 2.24) is 10.2 Å². The van der Waals surface area contributed by atoms with Crippen LogP contribution in [0.4, 0.5) is 8.78 Å². The second-order valence-corrected chi connectivity index (χ2v) is 5.26. The van der Waals surface area contributed by atoms with Gasteiger partial charge in [-0.05, 0) is 12.3 Å². The number of carbonyl (C=O) groups is 1. The first-order valence-corrected chi connectivity index (χ1v) is 5.95. The number of carbonyl (C=O) groups excluding carboxylic acids is 1. The fourth-order valence-corrected chi connectivity index (χ4v) is 3.11. The lowest BCUT2D eigenvalue weighted by molar-refractivity contribution is -0.137. The minimum Gasteiger partial charge on any atom is -0.342 e. The van der Waals surface area contributed by atoms with E-state index < -0.39 is 11.8 Å². The summed E-state index contributed by atoms with van der Waals surface area (Å²) in [4.78, 5) is 13.6. The second kappa shape index (κ2) is 3.39. The maximum atomic E-state index is 13.5. The number of alkyl halides is 2. The van der Waals surface area contributed by atoms with E-state index in [9.17, 15) is 13.6 Å². The Labute approximate surface area is 93.2 Å².